The van der Waals surface area contributed by atoms with E-state index < -0.39 is 5.54 Å². The minimum Gasteiger partial charge on any atom is -0.351 e. The number of carbonyl (C=O) groups is 2. The van der Waals surface area contributed by atoms with Gasteiger partial charge in [0.25, 0.3) is 5.91 Å². The zero-order valence-corrected chi connectivity index (χ0v) is 18.8. The van der Waals surface area contributed by atoms with Crippen LogP contribution in [-0.4, -0.2) is 39.4 Å². The van der Waals surface area contributed by atoms with Crippen LogP contribution < -0.4 is 5.32 Å². The number of thiophene rings is 1. The van der Waals surface area contributed by atoms with Crippen LogP contribution in [0.15, 0.2) is 47.8 Å². The van der Waals surface area contributed by atoms with Gasteiger partial charge in [-0.1, -0.05) is 43.2 Å². The standard InChI is InChI=1S/C25H29N3O2S/c1-25(24(30)26-19-11-5-6-12-19)17-27-20-13-15-31-22(20)16-21(27)23(29)28(25)14-7-10-18-8-3-2-4-9-18/h2-4,8-9,13,15-16,19H,5-7,10-12,14,17H2,1H3,(H,26,30)/t25-/m0/s1. The largest absolute Gasteiger partial charge is 0.351 e. The molecule has 0 unspecified atom stereocenters. The molecule has 0 spiro atoms. The first-order chi connectivity index (χ1) is 15.1. The van der Waals surface area contributed by atoms with Gasteiger partial charge in [-0.3, -0.25) is 9.59 Å². The Bertz CT molecular complexity index is 1100. The van der Waals surface area contributed by atoms with E-state index in [4.69, 9.17) is 0 Å². The van der Waals surface area contributed by atoms with Crippen LogP contribution in [0.3, 0.4) is 0 Å². The minimum absolute atomic E-state index is 0.0183. The summed E-state index contributed by atoms with van der Waals surface area (Å²) in [5, 5.41) is 5.32. The molecule has 31 heavy (non-hydrogen) atoms. The molecule has 1 saturated carbocycles. The number of aromatic nitrogens is 1. The van der Waals surface area contributed by atoms with Gasteiger partial charge in [-0.15, -0.1) is 11.3 Å². The Morgan fingerprint density at radius 3 is 2.74 bits per heavy atom. The first-order valence-corrected chi connectivity index (χ1v) is 12.2. The molecule has 5 rings (SSSR count). The average Bonchev–Trinajstić information content (AvgIpc) is 3.50. The fourth-order valence-corrected chi connectivity index (χ4v) is 5.94. The zero-order chi connectivity index (χ0) is 21.4. The molecular weight excluding hydrogens is 406 g/mol. The molecule has 2 aliphatic rings. The molecule has 1 aromatic carbocycles. The van der Waals surface area contributed by atoms with E-state index in [0.29, 0.717) is 18.8 Å². The van der Waals surface area contributed by atoms with E-state index in [1.807, 2.05) is 41.5 Å². The highest BCUT2D eigenvalue weighted by Gasteiger charge is 2.48. The van der Waals surface area contributed by atoms with Crippen molar-refractivity contribution in [2.45, 2.75) is 63.6 Å². The topological polar surface area (TPSA) is 54.3 Å². The second-order valence-electron chi connectivity index (χ2n) is 9.06. The number of amides is 2. The first kappa shape index (κ1) is 20.3. The number of hydrogen-bond acceptors (Lipinski definition) is 3. The molecule has 2 aromatic heterocycles. The Hall–Kier alpha value is -2.60. The fourth-order valence-electron chi connectivity index (χ4n) is 5.12. The SMILES string of the molecule is C[C@@]1(C(=O)NC2CCCC2)Cn2c(cc3sccc32)C(=O)N1CCCc1ccccc1. The summed E-state index contributed by atoms with van der Waals surface area (Å²) in [6.07, 6.45) is 6.12. The number of nitrogens with one attached hydrogen (secondary N) is 1. The summed E-state index contributed by atoms with van der Waals surface area (Å²) >= 11 is 1.64. The molecule has 162 valence electrons. The average molecular weight is 436 g/mol. The minimum atomic E-state index is -0.892. The van der Waals surface area contributed by atoms with Gasteiger partial charge in [0.1, 0.15) is 11.2 Å². The van der Waals surface area contributed by atoms with Gasteiger partial charge < -0.3 is 14.8 Å². The summed E-state index contributed by atoms with van der Waals surface area (Å²) in [7, 11) is 0. The highest BCUT2D eigenvalue weighted by Crippen LogP contribution is 2.35. The monoisotopic (exact) mass is 435 g/mol. The van der Waals surface area contributed by atoms with E-state index in [9.17, 15) is 9.59 Å². The van der Waals surface area contributed by atoms with Crippen LogP contribution in [0, 0.1) is 0 Å². The van der Waals surface area contributed by atoms with E-state index in [0.717, 1.165) is 35.9 Å². The van der Waals surface area contributed by atoms with E-state index in [1.165, 1.54) is 18.4 Å². The summed E-state index contributed by atoms with van der Waals surface area (Å²) in [4.78, 5) is 29.0. The van der Waals surface area contributed by atoms with Crippen molar-refractivity contribution in [1.29, 1.82) is 0 Å². The lowest BCUT2D eigenvalue weighted by Crippen LogP contribution is -2.64. The molecule has 0 radical (unpaired) electrons. The number of benzene rings is 1. The Balaban J connectivity index is 1.43. The molecule has 5 nitrogen and oxygen atoms in total. The summed E-state index contributed by atoms with van der Waals surface area (Å²) in [5.41, 5.74) is 2.12. The lowest BCUT2D eigenvalue weighted by Gasteiger charge is -2.44. The maximum Gasteiger partial charge on any atom is 0.271 e. The number of rotatable bonds is 6. The fraction of sp³-hybridized carbons (Fsp3) is 0.440. The molecule has 1 aliphatic heterocycles. The van der Waals surface area contributed by atoms with Crippen LogP contribution in [-0.2, 0) is 17.8 Å². The number of aryl methyl sites for hydroxylation is 1. The van der Waals surface area contributed by atoms with Gasteiger partial charge in [0.05, 0.1) is 16.8 Å². The summed E-state index contributed by atoms with van der Waals surface area (Å²) in [6.45, 7) is 3.01. The number of fused-ring (bicyclic) bond motifs is 3. The number of nitrogens with zero attached hydrogens (tertiary/aromatic N) is 2. The van der Waals surface area contributed by atoms with Crippen LogP contribution in [0.5, 0.6) is 0 Å². The van der Waals surface area contributed by atoms with Crippen molar-refractivity contribution < 1.29 is 9.59 Å². The van der Waals surface area contributed by atoms with Crippen molar-refractivity contribution in [2.24, 2.45) is 0 Å². The Morgan fingerprint density at radius 2 is 1.97 bits per heavy atom. The number of hydrogen-bond donors (Lipinski definition) is 1. The summed E-state index contributed by atoms with van der Waals surface area (Å²) < 4.78 is 3.16. The molecular formula is C25H29N3O2S. The second kappa shape index (κ2) is 8.15. The summed E-state index contributed by atoms with van der Waals surface area (Å²) in [5.74, 6) is -0.0537. The molecule has 1 N–H and O–H groups in total. The van der Waals surface area contributed by atoms with Gasteiger partial charge >= 0.3 is 0 Å². The van der Waals surface area contributed by atoms with Crippen LogP contribution in [0.2, 0.25) is 0 Å². The smallest absolute Gasteiger partial charge is 0.271 e. The summed E-state index contributed by atoms with van der Waals surface area (Å²) in [6, 6.07) is 14.6. The Morgan fingerprint density at radius 1 is 1.19 bits per heavy atom. The van der Waals surface area contributed by atoms with Crippen LogP contribution in [0.25, 0.3) is 10.2 Å². The third-order valence-electron chi connectivity index (χ3n) is 6.92. The molecule has 0 saturated heterocycles. The van der Waals surface area contributed by atoms with Crippen molar-refractivity contribution in [1.82, 2.24) is 14.8 Å². The predicted molar refractivity (Wildman–Crippen MR) is 124 cm³/mol. The first-order valence-electron chi connectivity index (χ1n) is 11.3. The van der Waals surface area contributed by atoms with E-state index >= 15 is 0 Å². The predicted octanol–water partition coefficient (Wildman–Crippen LogP) is 4.61. The van der Waals surface area contributed by atoms with Crippen molar-refractivity contribution in [2.75, 3.05) is 6.54 Å². The molecule has 2 amide bonds. The third kappa shape index (κ3) is 3.67. The van der Waals surface area contributed by atoms with Gasteiger partial charge in [-0.05, 0) is 55.7 Å². The highest BCUT2D eigenvalue weighted by molar-refractivity contribution is 7.17. The van der Waals surface area contributed by atoms with Crippen LogP contribution >= 0.6 is 11.3 Å². The zero-order valence-electron chi connectivity index (χ0n) is 18.0. The van der Waals surface area contributed by atoms with E-state index in [-0.39, 0.29) is 17.9 Å². The quantitative estimate of drug-likeness (QED) is 0.615. The molecule has 0 bridgehead atoms. The molecule has 3 aromatic rings. The van der Waals surface area contributed by atoms with E-state index in [2.05, 4.69) is 28.1 Å². The van der Waals surface area contributed by atoms with Gasteiger partial charge in [0.2, 0.25) is 5.91 Å². The van der Waals surface area contributed by atoms with Crippen molar-refractivity contribution in [3.8, 4) is 0 Å². The van der Waals surface area contributed by atoms with Crippen LogP contribution in [0.1, 0.15) is 55.1 Å². The maximum absolute atomic E-state index is 13.6. The number of carbonyl (C=O) groups excluding carboxylic acids is 2. The normalized spacial score (nSPS) is 21.6. The second-order valence-corrected chi connectivity index (χ2v) is 10.0. The lowest BCUT2D eigenvalue weighted by molar-refractivity contribution is -0.133. The lowest BCUT2D eigenvalue weighted by atomic mass is 9.93. The Labute approximate surface area is 187 Å². The molecule has 3 heterocycles. The molecule has 1 aliphatic carbocycles. The van der Waals surface area contributed by atoms with Gasteiger partial charge in [0.15, 0.2) is 0 Å². The third-order valence-corrected chi connectivity index (χ3v) is 7.77. The molecule has 1 fully saturated rings. The molecule has 1 atom stereocenters. The van der Waals surface area contributed by atoms with Gasteiger partial charge in [-0.2, -0.15) is 0 Å². The van der Waals surface area contributed by atoms with Crippen molar-refractivity contribution in [3.05, 3.63) is 59.1 Å². The van der Waals surface area contributed by atoms with Gasteiger partial charge in [-0.25, -0.2) is 0 Å². The molecule has 6 heteroatoms. The highest BCUT2D eigenvalue weighted by atomic mass is 32.1. The van der Waals surface area contributed by atoms with Crippen molar-refractivity contribution in [3.63, 3.8) is 0 Å². The van der Waals surface area contributed by atoms with Crippen LogP contribution in [0.4, 0.5) is 0 Å². The van der Waals surface area contributed by atoms with Gasteiger partial charge in [0, 0.05) is 12.6 Å². The van der Waals surface area contributed by atoms with E-state index in [1.54, 1.807) is 11.3 Å². The maximum atomic E-state index is 13.6. The Kier molecular flexibility index (Phi) is 5.34. The van der Waals surface area contributed by atoms with Crippen molar-refractivity contribution >= 4 is 33.4 Å².